The van der Waals surface area contributed by atoms with Crippen LogP contribution in [0.25, 0.3) is 11.0 Å². The highest BCUT2D eigenvalue weighted by Gasteiger charge is 2.37. The van der Waals surface area contributed by atoms with Crippen LogP contribution in [0, 0.1) is 0 Å². The Morgan fingerprint density at radius 2 is 2.12 bits per heavy atom. The molecule has 1 aliphatic heterocycles. The largest absolute Gasteiger partial charge is 0.507 e. The van der Waals surface area contributed by atoms with E-state index in [0.717, 1.165) is 5.57 Å². The van der Waals surface area contributed by atoms with E-state index in [1.54, 1.807) is 19.9 Å². The third-order valence-corrected chi connectivity index (χ3v) is 4.41. The van der Waals surface area contributed by atoms with Crippen LogP contribution in [0.4, 0.5) is 0 Å². The van der Waals surface area contributed by atoms with Crippen LogP contribution in [0.1, 0.15) is 39.0 Å². The number of allylic oxidation sites excluding steroid dienone is 1. The van der Waals surface area contributed by atoms with Crippen LogP contribution in [-0.4, -0.2) is 28.5 Å². The number of phenolic OH excluding ortho intramolecular Hbond substituents is 1. The van der Waals surface area contributed by atoms with Crippen LogP contribution in [0.2, 0.25) is 0 Å². The van der Waals surface area contributed by atoms with Crippen LogP contribution in [0.15, 0.2) is 33.0 Å². The highest BCUT2D eigenvalue weighted by molar-refractivity contribution is 5.87. The molecule has 0 radical (unpaired) electrons. The molecule has 0 fully saturated rings. The number of hydrogen-bond acceptors (Lipinski definition) is 6. The molecule has 0 amide bonds. The molecule has 1 aliphatic rings. The van der Waals surface area contributed by atoms with Gasteiger partial charge in [0.1, 0.15) is 40.9 Å². The minimum Gasteiger partial charge on any atom is -0.507 e. The Morgan fingerprint density at radius 1 is 1.38 bits per heavy atom. The zero-order valence-corrected chi connectivity index (χ0v) is 15.5. The lowest BCUT2D eigenvalue weighted by molar-refractivity contribution is -0.0229. The van der Waals surface area contributed by atoms with Crippen molar-refractivity contribution in [1.29, 1.82) is 0 Å². The van der Waals surface area contributed by atoms with E-state index in [2.05, 4.69) is 0 Å². The van der Waals surface area contributed by atoms with Crippen molar-refractivity contribution in [3.63, 3.8) is 0 Å². The number of fused-ring (bicyclic) bond motifs is 2. The molecular weight excluding hydrogens is 336 g/mol. The lowest BCUT2D eigenvalue weighted by Gasteiger charge is -2.24. The van der Waals surface area contributed by atoms with Crippen molar-refractivity contribution in [3.8, 4) is 11.5 Å². The summed E-state index contributed by atoms with van der Waals surface area (Å²) in [5, 5.41) is 20.8. The molecule has 140 valence electrons. The standard InChI is InChI=1S/C20H24O6/c1-11(2)5-6-24-10-12-7-14(21)18-16(25-12)9-15-13(19(18)22)8-17(26-15)20(3,4)23/h5,7,9,17,22-23H,6,8,10H2,1-4H3. The van der Waals surface area contributed by atoms with Gasteiger partial charge in [-0.25, -0.2) is 0 Å². The second-order valence-corrected chi connectivity index (χ2v) is 7.41. The van der Waals surface area contributed by atoms with Gasteiger partial charge in [-0.05, 0) is 27.7 Å². The Bertz CT molecular complexity index is 913. The number of ether oxygens (including phenoxy) is 2. The van der Waals surface area contributed by atoms with Gasteiger partial charge in [0.15, 0.2) is 5.43 Å². The summed E-state index contributed by atoms with van der Waals surface area (Å²) in [6.45, 7) is 7.82. The Labute approximate surface area is 151 Å². The molecule has 6 heteroatoms. The van der Waals surface area contributed by atoms with Crippen molar-refractivity contribution in [2.75, 3.05) is 6.61 Å². The van der Waals surface area contributed by atoms with Gasteiger partial charge in [0.2, 0.25) is 0 Å². The van der Waals surface area contributed by atoms with Crippen molar-refractivity contribution in [2.45, 2.75) is 52.4 Å². The van der Waals surface area contributed by atoms with Crippen LogP contribution in [-0.2, 0) is 17.8 Å². The van der Waals surface area contributed by atoms with Crippen molar-refractivity contribution in [3.05, 3.63) is 45.3 Å². The fraction of sp³-hybridized carbons (Fsp3) is 0.450. The summed E-state index contributed by atoms with van der Waals surface area (Å²) in [6.07, 6.45) is 1.76. The molecular formula is C20H24O6. The maximum atomic E-state index is 12.5. The van der Waals surface area contributed by atoms with E-state index in [4.69, 9.17) is 13.9 Å². The van der Waals surface area contributed by atoms with E-state index in [1.807, 2.05) is 19.9 Å². The molecule has 2 heterocycles. The molecule has 1 aromatic heterocycles. The first-order chi connectivity index (χ1) is 12.2. The van der Waals surface area contributed by atoms with Gasteiger partial charge in [-0.1, -0.05) is 11.6 Å². The molecule has 0 spiro atoms. The van der Waals surface area contributed by atoms with Gasteiger partial charge in [0.25, 0.3) is 0 Å². The molecule has 1 unspecified atom stereocenters. The number of rotatable bonds is 5. The second kappa shape index (κ2) is 6.78. The van der Waals surface area contributed by atoms with Crippen molar-refractivity contribution in [2.24, 2.45) is 0 Å². The average molecular weight is 360 g/mol. The molecule has 0 bridgehead atoms. The zero-order chi connectivity index (χ0) is 19.1. The minimum atomic E-state index is -1.07. The van der Waals surface area contributed by atoms with E-state index in [-0.39, 0.29) is 28.8 Å². The Morgan fingerprint density at radius 3 is 2.77 bits per heavy atom. The van der Waals surface area contributed by atoms with Crippen LogP contribution in [0.3, 0.4) is 0 Å². The molecule has 0 saturated carbocycles. The first kappa shape index (κ1) is 18.5. The highest BCUT2D eigenvalue weighted by atomic mass is 16.5. The molecule has 2 N–H and O–H groups in total. The van der Waals surface area contributed by atoms with E-state index in [0.29, 0.717) is 30.1 Å². The summed E-state index contributed by atoms with van der Waals surface area (Å²) in [5.41, 5.74) is 0.498. The van der Waals surface area contributed by atoms with Crippen LogP contribution < -0.4 is 10.2 Å². The first-order valence-corrected chi connectivity index (χ1v) is 8.58. The average Bonchev–Trinajstić information content (AvgIpc) is 2.95. The summed E-state index contributed by atoms with van der Waals surface area (Å²) in [6, 6.07) is 2.93. The van der Waals surface area contributed by atoms with Gasteiger partial charge in [0.05, 0.1) is 12.2 Å². The van der Waals surface area contributed by atoms with Gasteiger partial charge in [-0.15, -0.1) is 0 Å². The van der Waals surface area contributed by atoms with E-state index in [9.17, 15) is 15.0 Å². The van der Waals surface area contributed by atoms with Gasteiger partial charge < -0.3 is 24.1 Å². The summed E-state index contributed by atoms with van der Waals surface area (Å²) in [7, 11) is 0. The molecule has 6 nitrogen and oxygen atoms in total. The van der Waals surface area contributed by atoms with E-state index < -0.39 is 11.7 Å². The van der Waals surface area contributed by atoms with Crippen molar-refractivity contribution < 1.29 is 24.1 Å². The summed E-state index contributed by atoms with van der Waals surface area (Å²) in [4.78, 5) is 12.5. The number of aliphatic hydroxyl groups is 1. The topological polar surface area (TPSA) is 89.1 Å². The van der Waals surface area contributed by atoms with E-state index in [1.165, 1.54) is 6.07 Å². The van der Waals surface area contributed by atoms with Gasteiger partial charge in [-0.2, -0.15) is 0 Å². The maximum Gasteiger partial charge on any atom is 0.196 e. The van der Waals surface area contributed by atoms with Gasteiger partial charge in [0, 0.05) is 24.1 Å². The molecule has 3 rings (SSSR count). The quantitative estimate of drug-likeness (QED) is 0.629. The predicted octanol–water partition coefficient (Wildman–Crippen LogP) is 3.06. The first-order valence-electron chi connectivity index (χ1n) is 8.58. The Balaban J connectivity index is 1.94. The number of phenols is 1. The molecule has 2 aromatic rings. The lowest BCUT2D eigenvalue weighted by Crippen LogP contribution is -2.39. The van der Waals surface area contributed by atoms with Crippen molar-refractivity contribution in [1.82, 2.24) is 0 Å². The Hall–Kier alpha value is -2.31. The molecule has 1 aromatic carbocycles. The minimum absolute atomic E-state index is 0.122. The fourth-order valence-electron chi connectivity index (χ4n) is 2.90. The summed E-state index contributed by atoms with van der Waals surface area (Å²) < 4.78 is 17.0. The van der Waals surface area contributed by atoms with Crippen molar-refractivity contribution >= 4 is 11.0 Å². The zero-order valence-electron chi connectivity index (χ0n) is 15.5. The lowest BCUT2D eigenvalue weighted by atomic mass is 9.96. The van der Waals surface area contributed by atoms with E-state index >= 15 is 0 Å². The third-order valence-electron chi connectivity index (χ3n) is 4.41. The molecule has 0 saturated heterocycles. The van der Waals surface area contributed by atoms with Gasteiger partial charge >= 0.3 is 0 Å². The summed E-state index contributed by atoms with van der Waals surface area (Å²) in [5.74, 6) is 0.656. The molecule has 26 heavy (non-hydrogen) atoms. The number of benzene rings is 1. The highest BCUT2D eigenvalue weighted by Crippen LogP contribution is 2.42. The second-order valence-electron chi connectivity index (χ2n) is 7.41. The van der Waals surface area contributed by atoms with Crippen LogP contribution >= 0.6 is 0 Å². The fourth-order valence-corrected chi connectivity index (χ4v) is 2.90. The molecule has 1 atom stereocenters. The SMILES string of the molecule is CC(C)=CCOCc1cc(=O)c2c(O)c3c(cc2o1)OC(C(C)(C)O)C3. The number of aromatic hydroxyl groups is 1. The normalized spacial score (nSPS) is 16.4. The monoisotopic (exact) mass is 360 g/mol. The summed E-state index contributed by atoms with van der Waals surface area (Å²) >= 11 is 0. The molecule has 0 aliphatic carbocycles. The smallest absolute Gasteiger partial charge is 0.196 e. The predicted molar refractivity (Wildman–Crippen MR) is 97.7 cm³/mol. The van der Waals surface area contributed by atoms with Gasteiger partial charge in [-0.3, -0.25) is 4.79 Å². The Kier molecular flexibility index (Phi) is 4.82. The number of hydrogen-bond donors (Lipinski definition) is 2. The maximum absolute atomic E-state index is 12.5. The van der Waals surface area contributed by atoms with Crippen LogP contribution in [0.5, 0.6) is 11.5 Å². The third kappa shape index (κ3) is 3.61.